The van der Waals surface area contributed by atoms with Gasteiger partial charge in [-0.1, -0.05) is 12.1 Å². The Labute approximate surface area is 106 Å². The summed E-state index contributed by atoms with van der Waals surface area (Å²) in [7, 11) is 0. The van der Waals surface area contributed by atoms with Crippen molar-refractivity contribution in [1.82, 2.24) is 9.69 Å². The highest BCUT2D eigenvalue weighted by atomic mass is 32.1. The first-order valence-electron chi connectivity index (χ1n) is 6.38. The fourth-order valence-corrected chi connectivity index (χ4v) is 3.52. The van der Waals surface area contributed by atoms with E-state index < -0.39 is 0 Å². The van der Waals surface area contributed by atoms with Crippen LogP contribution in [0.5, 0.6) is 0 Å². The minimum absolute atomic E-state index is 0.815. The van der Waals surface area contributed by atoms with Crippen LogP contribution in [0.25, 0.3) is 10.1 Å². The second-order valence-corrected chi connectivity index (χ2v) is 5.82. The van der Waals surface area contributed by atoms with E-state index in [9.17, 15) is 0 Å². The van der Waals surface area contributed by atoms with Gasteiger partial charge >= 0.3 is 0 Å². The van der Waals surface area contributed by atoms with Gasteiger partial charge in [0.1, 0.15) is 0 Å². The average molecular weight is 246 g/mol. The van der Waals surface area contributed by atoms with Crippen molar-refractivity contribution in [2.45, 2.75) is 26.2 Å². The number of fused-ring (bicyclic) bond motifs is 1. The standard InChI is InChI=1S/C14H18N2S/c1-10-13-5-4-11(8-14(13)17-16-10)7-12-3-2-6-15-9-12/h4-5,8,12,15H,2-3,6-7,9H2,1H3. The fourth-order valence-electron chi connectivity index (χ4n) is 2.67. The molecule has 1 fully saturated rings. The van der Waals surface area contributed by atoms with Crippen LogP contribution in [0.3, 0.4) is 0 Å². The summed E-state index contributed by atoms with van der Waals surface area (Å²) in [5.74, 6) is 0.815. The molecular formula is C14H18N2S. The molecule has 1 aliphatic heterocycles. The van der Waals surface area contributed by atoms with Gasteiger partial charge in [-0.25, -0.2) is 0 Å². The van der Waals surface area contributed by atoms with Crippen LogP contribution in [-0.4, -0.2) is 17.5 Å². The molecule has 1 unspecified atom stereocenters. The minimum atomic E-state index is 0.815. The minimum Gasteiger partial charge on any atom is -0.316 e. The summed E-state index contributed by atoms with van der Waals surface area (Å²) in [5, 5.41) is 4.81. The van der Waals surface area contributed by atoms with Gasteiger partial charge in [0.25, 0.3) is 0 Å². The van der Waals surface area contributed by atoms with Crippen LogP contribution in [0.4, 0.5) is 0 Å². The van der Waals surface area contributed by atoms with Crippen LogP contribution in [0.1, 0.15) is 24.1 Å². The Morgan fingerprint density at radius 2 is 2.41 bits per heavy atom. The van der Waals surface area contributed by atoms with E-state index >= 15 is 0 Å². The lowest BCUT2D eigenvalue weighted by Gasteiger charge is -2.22. The van der Waals surface area contributed by atoms with E-state index in [1.807, 2.05) is 0 Å². The van der Waals surface area contributed by atoms with Crippen molar-refractivity contribution in [2.24, 2.45) is 5.92 Å². The lowest BCUT2D eigenvalue weighted by molar-refractivity contribution is 0.376. The van der Waals surface area contributed by atoms with Gasteiger partial charge in [-0.2, -0.15) is 4.37 Å². The highest BCUT2D eigenvalue weighted by Crippen LogP contribution is 2.25. The van der Waals surface area contributed by atoms with Gasteiger partial charge in [-0.05, 0) is 68.4 Å². The van der Waals surface area contributed by atoms with Crippen LogP contribution in [0, 0.1) is 12.8 Å². The molecule has 0 saturated carbocycles. The third-order valence-electron chi connectivity index (χ3n) is 3.64. The first-order chi connectivity index (χ1) is 8.33. The third-order valence-corrected chi connectivity index (χ3v) is 4.54. The number of piperidine rings is 1. The summed E-state index contributed by atoms with van der Waals surface area (Å²) in [6, 6.07) is 6.84. The molecule has 0 spiro atoms. The van der Waals surface area contributed by atoms with E-state index in [2.05, 4.69) is 34.8 Å². The van der Waals surface area contributed by atoms with Crippen molar-refractivity contribution in [3.63, 3.8) is 0 Å². The maximum atomic E-state index is 4.41. The summed E-state index contributed by atoms with van der Waals surface area (Å²) < 4.78 is 5.75. The number of hydrogen-bond donors (Lipinski definition) is 1. The molecular weight excluding hydrogens is 228 g/mol. The van der Waals surface area contributed by atoms with Crippen molar-refractivity contribution >= 4 is 21.6 Å². The third kappa shape index (κ3) is 2.35. The molecule has 1 saturated heterocycles. The fraction of sp³-hybridized carbons (Fsp3) is 0.500. The van der Waals surface area contributed by atoms with E-state index in [4.69, 9.17) is 0 Å². The van der Waals surface area contributed by atoms with Crippen molar-refractivity contribution < 1.29 is 0 Å². The van der Waals surface area contributed by atoms with E-state index in [1.54, 1.807) is 11.5 Å². The summed E-state index contributed by atoms with van der Waals surface area (Å²) >= 11 is 1.62. The Kier molecular flexibility index (Phi) is 3.12. The van der Waals surface area contributed by atoms with Crippen molar-refractivity contribution in [3.05, 3.63) is 29.5 Å². The van der Waals surface area contributed by atoms with Gasteiger partial charge < -0.3 is 5.32 Å². The average Bonchev–Trinajstić information content (AvgIpc) is 2.72. The molecule has 1 aliphatic rings. The normalized spacial score (nSPS) is 20.9. The van der Waals surface area contributed by atoms with Crippen molar-refractivity contribution in [1.29, 1.82) is 0 Å². The molecule has 1 atom stereocenters. The van der Waals surface area contributed by atoms with Crippen LogP contribution in [-0.2, 0) is 6.42 Å². The molecule has 2 nitrogen and oxygen atoms in total. The van der Waals surface area contributed by atoms with Crippen LogP contribution < -0.4 is 5.32 Å². The monoisotopic (exact) mass is 246 g/mol. The Morgan fingerprint density at radius 1 is 1.47 bits per heavy atom. The van der Waals surface area contributed by atoms with Crippen LogP contribution >= 0.6 is 11.5 Å². The number of rotatable bonds is 2. The molecule has 17 heavy (non-hydrogen) atoms. The van der Waals surface area contributed by atoms with E-state index in [0.29, 0.717) is 0 Å². The predicted octanol–water partition coefficient (Wildman–Crippen LogP) is 3.15. The molecule has 2 heterocycles. The summed E-state index contributed by atoms with van der Waals surface area (Å²) in [6.07, 6.45) is 3.90. The number of aryl methyl sites for hydroxylation is 1. The highest BCUT2D eigenvalue weighted by molar-refractivity contribution is 7.13. The Bertz CT molecular complexity index is 512. The maximum Gasteiger partial charge on any atom is 0.0589 e. The largest absolute Gasteiger partial charge is 0.316 e. The number of benzene rings is 1. The first-order valence-corrected chi connectivity index (χ1v) is 7.16. The van der Waals surface area contributed by atoms with Gasteiger partial charge in [-0.15, -0.1) is 0 Å². The zero-order valence-electron chi connectivity index (χ0n) is 10.2. The molecule has 90 valence electrons. The van der Waals surface area contributed by atoms with Gasteiger partial charge in [0, 0.05) is 5.39 Å². The Hall–Kier alpha value is -0.930. The van der Waals surface area contributed by atoms with Crippen molar-refractivity contribution in [2.75, 3.05) is 13.1 Å². The zero-order valence-corrected chi connectivity index (χ0v) is 11.0. The quantitative estimate of drug-likeness (QED) is 0.880. The molecule has 1 aromatic heterocycles. The van der Waals surface area contributed by atoms with E-state index in [-0.39, 0.29) is 0 Å². The van der Waals surface area contributed by atoms with E-state index in [1.165, 1.54) is 48.0 Å². The highest BCUT2D eigenvalue weighted by Gasteiger charge is 2.14. The zero-order chi connectivity index (χ0) is 11.7. The van der Waals surface area contributed by atoms with Crippen LogP contribution in [0.15, 0.2) is 18.2 Å². The number of nitrogens with zero attached hydrogens (tertiary/aromatic N) is 1. The topological polar surface area (TPSA) is 24.9 Å². The van der Waals surface area contributed by atoms with E-state index in [0.717, 1.165) is 11.6 Å². The lowest BCUT2D eigenvalue weighted by atomic mass is 9.92. The maximum absolute atomic E-state index is 4.41. The number of nitrogens with one attached hydrogen (secondary N) is 1. The van der Waals surface area contributed by atoms with Gasteiger partial charge in [0.15, 0.2) is 0 Å². The molecule has 1 N–H and O–H groups in total. The second-order valence-electron chi connectivity index (χ2n) is 5.01. The molecule has 2 aromatic rings. The number of aromatic nitrogens is 1. The SMILES string of the molecule is Cc1nsc2cc(CC3CCCNC3)ccc12. The van der Waals surface area contributed by atoms with Crippen LogP contribution in [0.2, 0.25) is 0 Å². The smallest absolute Gasteiger partial charge is 0.0589 e. The summed E-state index contributed by atoms with van der Waals surface area (Å²) in [5.41, 5.74) is 2.63. The van der Waals surface area contributed by atoms with Gasteiger partial charge in [-0.3, -0.25) is 0 Å². The first kappa shape index (κ1) is 11.2. The van der Waals surface area contributed by atoms with Gasteiger partial charge in [0.2, 0.25) is 0 Å². The molecule has 3 heteroatoms. The molecule has 1 aromatic carbocycles. The predicted molar refractivity (Wildman–Crippen MR) is 73.7 cm³/mol. The second kappa shape index (κ2) is 4.75. The summed E-state index contributed by atoms with van der Waals surface area (Å²) in [4.78, 5) is 0. The Balaban J connectivity index is 1.80. The molecule has 0 aliphatic carbocycles. The molecule has 3 rings (SSSR count). The molecule has 0 radical (unpaired) electrons. The summed E-state index contributed by atoms with van der Waals surface area (Å²) in [6.45, 7) is 4.47. The lowest BCUT2D eigenvalue weighted by Crippen LogP contribution is -2.30. The van der Waals surface area contributed by atoms with Gasteiger partial charge in [0.05, 0.1) is 10.4 Å². The van der Waals surface area contributed by atoms with Crippen molar-refractivity contribution in [3.8, 4) is 0 Å². The molecule has 0 bridgehead atoms. The Morgan fingerprint density at radius 3 is 3.24 bits per heavy atom. The molecule has 0 amide bonds. The number of hydrogen-bond acceptors (Lipinski definition) is 3.